The molecule has 15 heteroatoms. The number of alkyl halides is 8. The molecule has 35 heavy (non-hydrogen) atoms. The molecule has 190 valence electrons. The van der Waals surface area contributed by atoms with E-state index in [1.54, 1.807) is 5.32 Å². The molecule has 2 aromatic rings. The highest BCUT2D eigenvalue weighted by Gasteiger charge is 2.68. The van der Waals surface area contributed by atoms with E-state index in [0.29, 0.717) is 12.1 Å². The molecule has 2 aromatic carbocycles. The van der Waals surface area contributed by atoms with Crippen LogP contribution in [-0.4, -0.2) is 28.9 Å². The number of hydrogen-bond donors (Lipinski definition) is 2. The first-order chi connectivity index (χ1) is 15.9. The molecule has 0 spiro atoms. The van der Waals surface area contributed by atoms with E-state index in [1.807, 2.05) is 0 Å². The number of halogens is 11. The molecule has 3 rings (SSSR count). The standard InChI is InChI=1S/C20H11Cl4F7N2O2/c21-11-2-1-8(5-9(11)16(34)32-6-18(26,27)28)33-17(35)14-13(19(14,23)24)10-3-7(20(29,30)31)4-12(22)15(10)25/h1-5,13-14H,6H2,(H,32,34)(H,33,35). The molecular formula is C20H11Cl4F7N2O2. The largest absolute Gasteiger partial charge is 0.416 e. The number of anilines is 1. The second kappa shape index (κ2) is 9.49. The summed E-state index contributed by atoms with van der Waals surface area (Å²) in [4.78, 5) is 24.8. The van der Waals surface area contributed by atoms with E-state index in [1.165, 1.54) is 6.07 Å². The van der Waals surface area contributed by atoms with Gasteiger partial charge >= 0.3 is 12.4 Å². The van der Waals surface area contributed by atoms with Crippen LogP contribution in [0.25, 0.3) is 0 Å². The number of nitrogens with one attached hydrogen (secondary N) is 2. The smallest absolute Gasteiger partial charge is 0.343 e. The molecule has 2 amide bonds. The zero-order valence-corrected chi connectivity index (χ0v) is 19.7. The van der Waals surface area contributed by atoms with Crippen LogP contribution < -0.4 is 10.6 Å². The first-order valence-corrected chi connectivity index (χ1v) is 10.8. The Morgan fingerprint density at radius 2 is 1.60 bits per heavy atom. The number of hydrogen-bond acceptors (Lipinski definition) is 2. The highest BCUT2D eigenvalue weighted by Crippen LogP contribution is 2.66. The second-order valence-electron chi connectivity index (χ2n) is 7.47. The van der Waals surface area contributed by atoms with E-state index in [2.05, 4.69) is 5.32 Å². The summed E-state index contributed by atoms with van der Waals surface area (Å²) in [6.07, 6.45) is -9.55. The van der Waals surface area contributed by atoms with Crippen LogP contribution in [0.15, 0.2) is 30.3 Å². The molecule has 2 unspecified atom stereocenters. The van der Waals surface area contributed by atoms with Gasteiger partial charge < -0.3 is 10.6 Å². The molecule has 1 saturated carbocycles. The maximum atomic E-state index is 14.5. The van der Waals surface area contributed by atoms with Gasteiger partial charge in [0.25, 0.3) is 5.91 Å². The van der Waals surface area contributed by atoms with Crippen molar-refractivity contribution in [2.45, 2.75) is 22.6 Å². The third kappa shape index (κ3) is 6.07. The van der Waals surface area contributed by atoms with Gasteiger partial charge in [-0.05, 0) is 35.9 Å². The van der Waals surface area contributed by atoms with Gasteiger partial charge in [0.2, 0.25) is 5.91 Å². The zero-order valence-electron chi connectivity index (χ0n) is 16.7. The van der Waals surface area contributed by atoms with Crippen LogP contribution in [0.3, 0.4) is 0 Å². The predicted octanol–water partition coefficient (Wildman–Crippen LogP) is 6.97. The van der Waals surface area contributed by atoms with Gasteiger partial charge in [-0.2, -0.15) is 26.3 Å². The fourth-order valence-electron chi connectivity index (χ4n) is 3.31. The Hall–Kier alpha value is -1.95. The molecule has 2 N–H and O–H groups in total. The third-order valence-electron chi connectivity index (χ3n) is 4.98. The Labute approximate surface area is 212 Å². The summed E-state index contributed by atoms with van der Waals surface area (Å²) in [7, 11) is 0. The van der Waals surface area contributed by atoms with Crippen molar-refractivity contribution in [2.75, 3.05) is 11.9 Å². The maximum absolute atomic E-state index is 14.5. The minimum Gasteiger partial charge on any atom is -0.343 e. The van der Waals surface area contributed by atoms with Gasteiger partial charge in [0.15, 0.2) is 0 Å². The first-order valence-electron chi connectivity index (χ1n) is 9.32. The lowest BCUT2D eigenvalue weighted by Gasteiger charge is -2.12. The van der Waals surface area contributed by atoms with E-state index in [4.69, 9.17) is 46.4 Å². The van der Waals surface area contributed by atoms with Crippen LogP contribution in [0.1, 0.15) is 27.4 Å². The minimum absolute atomic E-state index is 0.117. The van der Waals surface area contributed by atoms with Gasteiger partial charge in [-0.15, -0.1) is 23.2 Å². The van der Waals surface area contributed by atoms with E-state index in [9.17, 15) is 40.3 Å². The van der Waals surface area contributed by atoms with Crippen molar-refractivity contribution in [1.82, 2.24) is 5.32 Å². The molecule has 0 radical (unpaired) electrons. The molecule has 1 fully saturated rings. The predicted molar refractivity (Wildman–Crippen MR) is 116 cm³/mol. The van der Waals surface area contributed by atoms with Crippen LogP contribution in [0.5, 0.6) is 0 Å². The van der Waals surface area contributed by atoms with E-state index in [0.717, 1.165) is 12.1 Å². The van der Waals surface area contributed by atoms with Crippen LogP contribution in [-0.2, 0) is 11.0 Å². The average molecular weight is 586 g/mol. The molecule has 0 saturated heterocycles. The summed E-state index contributed by atoms with van der Waals surface area (Å²) >= 11 is 23.6. The lowest BCUT2D eigenvalue weighted by atomic mass is 10.0. The summed E-state index contributed by atoms with van der Waals surface area (Å²) < 4.78 is 88.9. The van der Waals surface area contributed by atoms with E-state index >= 15 is 0 Å². The van der Waals surface area contributed by atoms with Crippen LogP contribution in [0.2, 0.25) is 10.0 Å². The summed E-state index contributed by atoms with van der Waals surface area (Å²) in [5.41, 5.74) is -2.42. The SMILES string of the molecule is O=C(NCC(F)(F)F)c1cc(NC(=O)C2C(c3cc(C(F)(F)F)cc(Cl)c3F)C2(Cl)Cl)ccc1Cl. The molecule has 0 aliphatic heterocycles. The van der Waals surface area contributed by atoms with Crippen LogP contribution in [0.4, 0.5) is 36.4 Å². The number of amides is 2. The number of benzene rings is 2. The Bertz CT molecular complexity index is 1190. The van der Waals surface area contributed by atoms with Gasteiger partial charge in [0, 0.05) is 11.6 Å². The average Bonchev–Trinajstić information content (AvgIpc) is 3.29. The fourth-order valence-corrected chi connectivity index (χ4v) is 4.55. The first kappa shape index (κ1) is 27.6. The highest BCUT2D eigenvalue weighted by atomic mass is 35.5. The molecule has 1 aliphatic carbocycles. The molecular weight excluding hydrogens is 575 g/mol. The van der Waals surface area contributed by atoms with Gasteiger partial charge in [-0.25, -0.2) is 4.39 Å². The Morgan fingerprint density at radius 1 is 0.971 bits per heavy atom. The molecule has 0 heterocycles. The van der Waals surface area contributed by atoms with Crippen molar-refractivity contribution in [2.24, 2.45) is 5.92 Å². The van der Waals surface area contributed by atoms with Crippen LogP contribution in [0, 0.1) is 11.7 Å². The van der Waals surface area contributed by atoms with E-state index in [-0.39, 0.29) is 10.7 Å². The third-order valence-corrected chi connectivity index (χ3v) is 6.53. The van der Waals surface area contributed by atoms with Gasteiger partial charge in [-0.1, -0.05) is 23.2 Å². The van der Waals surface area contributed by atoms with E-state index < -0.39 is 74.4 Å². The monoisotopic (exact) mass is 584 g/mol. The molecule has 4 nitrogen and oxygen atoms in total. The topological polar surface area (TPSA) is 58.2 Å². The Kier molecular flexibility index (Phi) is 7.50. The minimum atomic E-state index is -4.87. The van der Waals surface area contributed by atoms with Crippen molar-refractivity contribution >= 4 is 63.9 Å². The van der Waals surface area contributed by atoms with Crippen molar-refractivity contribution in [1.29, 1.82) is 0 Å². The summed E-state index contributed by atoms with van der Waals surface area (Å²) in [6, 6.07) is 4.11. The Morgan fingerprint density at radius 3 is 2.17 bits per heavy atom. The fraction of sp³-hybridized carbons (Fsp3) is 0.300. The van der Waals surface area contributed by atoms with Crippen molar-refractivity contribution in [3.63, 3.8) is 0 Å². The Balaban J connectivity index is 1.83. The zero-order chi connectivity index (χ0) is 26.5. The molecule has 0 bridgehead atoms. The highest BCUT2D eigenvalue weighted by molar-refractivity contribution is 6.53. The summed E-state index contributed by atoms with van der Waals surface area (Å²) in [5, 5.41) is 2.83. The number of rotatable bonds is 5. The normalized spacial score (nSPS) is 19.3. The van der Waals surface area contributed by atoms with Crippen molar-refractivity contribution in [3.8, 4) is 0 Å². The summed E-state index contributed by atoms with van der Waals surface area (Å²) in [5.74, 6) is -6.22. The van der Waals surface area contributed by atoms with Crippen molar-refractivity contribution < 1.29 is 40.3 Å². The second-order valence-corrected chi connectivity index (χ2v) is 9.73. The molecule has 1 aliphatic rings. The van der Waals surface area contributed by atoms with Gasteiger partial charge in [0.05, 0.1) is 27.1 Å². The maximum Gasteiger partial charge on any atom is 0.416 e. The molecule has 2 atom stereocenters. The van der Waals surface area contributed by atoms with Gasteiger partial charge in [0.1, 0.15) is 16.7 Å². The van der Waals surface area contributed by atoms with Crippen molar-refractivity contribution in [3.05, 3.63) is 62.9 Å². The van der Waals surface area contributed by atoms with Crippen LogP contribution >= 0.6 is 46.4 Å². The lowest BCUT2D eigenvalue weighted by Crippen LogP contribution is -2.33. The summed E-state index contributed by atoms with van der Waals surface area (Å²) in [6.45, 7) is -1.63. The molecule has 0 aromatic heterocycles. The lowest BCUT2D eigenvalue weighted by molar-refractivity contribution is -0.137. The van der Waals surface area contributed by atoms with Gasteiger partial charge in [-0.3, -0.25) is 9.59 Å². The number of carbonyl (C=O) groups is 2. The quantitative estimate of drug-likeness (QED) is 0.294. The number of carbonyl (C=O) groups excluding carboxylic acids is 2.